The Balaban J connectivity index is 1.95. The first-order valence-electron chi connectivity index (χ1n) is 12.2. The predicted octanol–water partition coefficient (Wildman–Crippen LogP) is 5.94. The maximum absolute atomic E-state index is 13.7. The molecular weight excluding hydrogens is 511 g/mol. The van der Waals surface area contributed by atoms with Gasteiger partial charge in [-0.1, -0.05) is 78.7 Å². The molecule has 0 saturated carbocycles. The first-order chi connectivity index (χ1) is 17.8. The van der Waals surface area contributed by atoms with E-state index < -0.39 is 6.04 Å². The van der Waals surface area contributed by atoms with Gasteiger partial charge in [0, 0.05) is 19.0 Å². The molecule has 0 aliphatic carbocycles. The lowest BCUT2D eigenvalue weighted by atomic mass is 10.0. The molecule has 3 rings (SSSR count). The highest BCUT2D eigenvalue weighted by Gasteiger charge is 2.31. The minimum absolute atomic E-state index is 0.0440. The number of para-hydroxylation sites is 2. The Labute approximate surface area is 228 Å². The van der Waals surface area contributed by atoms with E-state index in [-0.39, 0.29) is 31.0 Å². The van der Waals surface area contributed by atoms with Crippen LogP contribution in [0.25, 0.3) is 0 Å². The molecule has 0 radical (unpaired) electrons. The molecule has 3 aromatic carbocycles. The standard InChI is InChI=1S/C29H32Cl2N2O4/c1-4-20(2)32-29(35)25(17-21-10-6-5-7-11-21)33(18-22-14-15-23(30)24(31)16-22)28(34)19-37-27-13-9-8-12-26(27)36-3/h5-16,20,25H,4,17-19H2,1-3H3,(H,32,35). The van der Waals surface area contributed by atoms with Crippen LogP contribution < -0.4 is 14.8 Å². The molecule has 6 nitrogen and oxygen atoms in total. The summed E-state index contributed by atoms with van der Waals surface area (Å²) in [5.74, 6) is 0.374. The lowest BCUT2D eigenvalue weighted by Gasteiger charge is -2.32. The van der Waals surface area contributed by atoms with Crippen LogP contribution in [-0.2, 0) is 22.6 Å². The van der Waals surface area contributed by atoms with Gasteiger partial charge in [0.05, 0.1) is 17.2 Å². The van der Waals surface area contributed by atoms with Crippen LogP contribution in [0.3, 0.4) is 0 Å². The molecule has 2 amide bonds. The highest BCUT2D eigenvalue weighted by molar-refractivity contribution is 6.42. The van der Waals surface area contributed by atoms with Crippen molar-refractivity contribution in [2.75, 3.05) is 13.7 Å². The predicted molar refractivity (Wildman–Crippen MR) is 147 cm³/mol. The van der Waals surface area contributed by atoms with E-state index in [2.05, 4.69) is 5.32 Å². The highest BCUT2D eigenvalue weighted by atomic mass is 35.5. The fourth-order valence-corrected chi connectivity index (χ4v) is 4.11. The van der Waals surface area contributed by atoms with Crippen LogP contribution in [0.2, 0.25) is 10.0 Å². The fraction of sp³-hybridized carbons (Fsp3) is 0.310. The van der Waals surface area contributed by atoms with E-state index in [9.17, 15) is 9.59 Å². The van der Waals surface area contributed by atoms with Crippen LogP contribution >= 0.6 is 23.2 Å². The van der Waals surface area contributed by atoms with Crippen molar-refractivity contribution in [1.29, 1.82) is 0 Å². The smallest absolute Gasteiger partial charge is 0.261 e. The first-order valence-corrected chi connectivity index (χ1v) is 12.9. The summed E-state index contributed by atoms with van der Waals surface area (Å²) in [6.07, 6.45) is 1.10. The number of amides is 2. The molecule has 0 saturated heterocycles. The Hall–Kier alpha value is -3.22. The minimum Gasteiger partial charge on any atom is -0.493 e. The Morgan fingerprint density at radius 3 is 2.24 bits per heavy atom. The van der Waals surface area contributed by atoms with Crippen molar-refractivity contribution in [2.24, 2.45) is 0 Å². The maximum atomic E-state index is 13.7. The number of ether oxygens (including phenoxy) is 2. The lowest BCUT2D eigenvalue weighted by Crippen LogP contribution is -2.53. The van der Waals surface area contributed by atoms with Gasteiger partial charge in [0.1, 0.15) is 6.04 Å². The number of halogens is 2. The zero-order valence-corrected chi connectivity index (χ0v) is 22.8. The molecule has 196 valence electrons. The summed E-state index contributed by atoms with van der Waals surface area (Å²) in [6, 6.07) is 21.1. The van der Waals surface area contributed by atoms with Crippen molar-refractivity contribution in [2.45, 2.75) is 45.3 Å². The van der Waals surface area contributed by atoms with E-state index in [1.165, 1.54) is 7.11 Å². The van der Waals surface area contributed by atoms with Crippen molar-refractivity contribution < 1.29 is 19.1 Å². The maximum Gasteiger partial charge on any atom is 0.261 e. The Bertz CT molecular complexity index is 1190. The summed E-state index contributed by atoms with van der Waals surface area (Å²) < 4.78 is 11.2. The summed E-state index contributed by atoms with van der Waals surface area (Å²) in [6.45, 7) is 3.81. The highest BCUT2D eigenvalue weighted by Crippen LogP contribution is 2.27. The second kappa shape index (κ2) is 13.9. The Kier molecular flexibility index (Phi) is 10.7. The van der Waals surface area contributed by atoms with Crippen LogP contribution in [0, 0.1) is 0 Å². The number of hydrogen-bond acceptors (Lipinski definition) is 4. The van der Waals surface area contributed by atoms with Gasteiger partial charge in [-0.05, 0) is 48.7 Å². The number of nitrogens with zero attached hydrogens (tertiary/aromatic N) is 1. The van der Waals surface area contributed by atoms with E-state index in [0.29, 0.717) is 28.0 Å². The van der Waals surface area contributed by atoms with Crippen molar-refractivity contribution in [3.05, 3.63) is 94.0 Å². The summed E-state index contributed by atoms with van der Waals surface area (Å²) in [4.78, 5) is 28.8. The Morgan fingerprint density at radius 2 is 1.59 bits per heavy atom. The first kappa shape index (κ1) is 28.4. The summed E-state index contributed by atoms with van der Waals surface area (Å²) in [7, 11) is 1.54. The molecule has 0 aromatic heterocycles. The molecule has 2 atom stereocenters. The average Bonchev–Trinajstić information content (AvgIpc) is 2.91. The lowest BCUT2D eigenvalue weighted by molar-refractivity contribution is -0.143. The fourth-order valence-electron chi connectivity index (χ4n) is 3.79. The summed E-state index contributed by atoms with van der Waals surface area (Å²) in [5.41, 5.74) is 1.68. The van der Waals surface area contributed by atoms with E-state index in [1.807, 2.05) is 50.2 Å². The quantitative estimate of drug-likeness (QED) is 0.307. The second-order valence-electron chi connectivity index (χ2n) is 8.73. The summed E-state index contributed by atoms with van der Waals surface area (Å²) in [5, 5.41) is 3.83. The molecular formula is C29H32Cl2N2O4. The average molecular weight is 543 g/mol. The van der Waals surface area contributed by atoms with Gasteiger partial charge in [-0.15, -0.1) is 0 Å². The van der Waals surface area contributed by atoms with Crippen LogP contribution in [0.15, 0.2) is 72.8 Å². The molecule has 3 aromatic rings. The molecule has 0 spiro atoms. The number of hydrogen-bond donors (Lipinski definition) is 1. The monoisotopic (exact) mass is 542 g/mol. The number of methoxy groups -OCH3 is 1. The van der Waals surface area contributed by atoms with Crippen molar-refractivity contribution in [3.63, 3.8) is 0 Å². The largest absolute Gasteiger partial charge is 0.493 e. The Morgan fingerprint density at radius 1 is 0.919 bits per heavy atom. The van der Waals surface area contributed by atoms with Gasteiger partial charge in [-0.3, -0.25) is 9.59 Å². The number of carbonyl (C=O) groups is 2. The molecule has 0 fully saturated rings. The van der Waals surface area contributed by atoms with Crippen LogP contribution in [0.5, 0.6) is 11.5 Å². The van der Waals surface area contributed by atoms with Crippen LogP contribution in [0.1, 0.15) is 31.4 Å². The van der Waals surface area contributed by atoms with Crippen LogP contribution in [0.4, 0.5) is 0 Å². The van der Waals surface area contributed by atoms with Gasteiger partial charge in [0.2, 0.25) is 5.91 Å². The molecule has 37 heavy (non-hydrogen) atoms. The second-order valence-corrected chi connectivity index (χ2v) is 9.55. The third-order valence-electron chi connectivity index (χ3n) is 6.03. The van der Waals surface area contributed by atoms with Gasteiger partial charge >= 0.3 is 0 Å². The number of carbonyl (C=O) groups excluding carboxylic acids is 2. The zero-order chi connectivity index (χ0) is 26.8. The molecule has 2 unspecified atom stereocenters. The number of rotatable bonds is 12. The number of benzene rings is 3. The van der Waals surface area contributed by atoms with E-state index in [1.54, 1.807) is 41.3 Å². The van der Waals surface area contributed by atoms with Gasteiger partial charge < -0.3 is 19.7 Å². The van der Waals surface area contributed by atoms with E-state index in [4.69, 9.17) is 32.7 Å². The van der Waals surface area contributed by atoms with Gasteiger partial charge in [-0.25, -0.2) is 0 Å². The zero-order valence-electron chi connectivity index (χ0n) is 21.2. The van der Waals surface area contributed by atoms with E-state index >= 15 is 0 Å². The normalized spacial score (nSPS) is 12.4. The molecule has 0 bridgehead atoms. The van der Waals surface area contributed by atoms with Gasteiger partial charge in [0.25, 0.3) is 5.91 Å². The van der Waals surface area contributed by atoms with Crippen molar-refractivity contribution >= 4 is 35.0 Å². The number of nitrogens with one attached hydrogen (secondary N) is 1. The van der Waals surface area contributed by atoms with Crippen LogP contribution in [-0.4, -0.2) is 42.5 Å². The van der Waals surface area contributed by atoms with Crippen molar-refractivity contribution in [3.8, 4) is 11.5 Å². The SMILES string of the molecule is CCC(C)NC(=O)C(Cc1ccccc1)N(Cc1ccc(Cl)c(Cl)c1)C(=O)COc1ccccc1OC. The molecule has 0 aliphatic rings. The molecule has 1 N–H and O–H groups in total. The molecule has 0 heterocycles. The molecule has 0 aliphatic heterocycles. The van der Waals surface area contributed by atoms with Crippen molar-refractivity contribution in [1.82, 2.24) is 10.2 Å². The minimum atomic E-state index is -0.778. The summed E-state index contributed by atoms with van der Waals surface area (Å²) >= 11 is 12.4. The topological polar surface area (TPSA) is 67.9 Å². The van der Waals surface area contributed by atoms with E-state index in [0.717, 1.165) is 17.5 Å². The van der Waals surface area contributed by atoms with Gasteiger partial charge in [-0.2, -0.15) is 0 Å². The molecule has 8 heteroatoms. The third kappa shape index (κ3) is 8.14. The van der Waals surface area contributed by atoms with Gasteiger partial charge in [0.15, 0.2) is 18.1 Å². The third-order valence-corrected chi connectivity index (χ3v) is 6.77.